The van der Waals surface area contributed by atoms with Gasteiger partial charge in [0.1, 0.15) is 0 Å². The van der Waals surface area contributed by atoms with E-state index in [4.69, 9.17) is 14.5 Å². The van der Waals surface area contributed by atoms with Crippen molar-refractivity contribution in [1.29, 1.82) is 0 Å². The molecule has 0 heterocycles. The van der Waals surface area contributed by atoms with Crippen molar-refractivity contribution in [3.63, 3.8) is 0 Å². The molecule has 0 aromatic carbocycles. The first-order chi connectivity index (χ1) is 12.2. The van der Waals surface area contributed by atoms with Crippen molar-refractivity contribution in [2.75, 3.05) is 53.6 Å². The summed E-state index contributed by atoms with van der Waals surface area (Å²) in [5.74, 6) is 0.957. The Kier molecular flexibility index (Phi) is 11.4. The molecule has 2 unspecified atom stereocenters. The first kappa shape index (κ1) is 23.9. The van der Waals surface area contributed by atoms with Crippen LogP contribution < -0.4 is 10.6 Å². The number of aliphatic imine (C=N–C) groups is 1. The van der Waals surface area contributed by atoms with Crippen LogP contribution in [0.4, 0.5) is 0 Å². The van der Waals surface area contributed by atoms with E-state index in [1.54, 1.807) is 7.11 Å². The molecule has 2 aliphatic rings. The molecule has 0 amide bonds. The van der Waals surface area contributed by atoms with Crippen LogP contribution in [0.3, 0.4) is 0 Å². The van der Waals surface area contributed by atoms with Crippen molar-refractivity contribution >= 4 is 29.9 Å². The number of nitrogens with zero attached hydrogens (tertiary/aromatic N) is 2. The van der Waals surface area contributed by atoms with Crippen LogP contribution in [0.2, 0.25) is 0 Å². The van der Waals surface area contributed by atoms with Gasteiger partial charge in [0.2, 0.25) is 0 Å². The number of halogens is 1. The summed E-state index contributed by atoms with van der Waals surface area (Å²) in [6.07, 6.45) is 6.53. The molecule has 2 aliphatic carbocycles. The summed E-state index contributed by atoms with van der Waals surface area (Å²) in [5, 5.41) is 7.08. The van der Waals surface area contributed by atoms with Crippen LogP contribution in [-0.2, 0) is 9.47 Å². The maximum Gasteiger partial charge on any atom is 0.191 e. The number of methoxy groups -OCH3 is 1. The highest BCUT2D eigenvalue weighted by Crippen LogP contribution is 2.57. The normalized spacial score (nSPS) is 24.0. The van der Waals surface area contributed by atoms with Gasteiger partial charge in [0.05, 0.1) is 12.6 Å². The van der Waals surface area contributed by atoms with E-state index in [2.05, 4.69) is 36.4 Å². The van der Waals surface area contributed by atoms with E-state index in [9.17, 15) is 0 Å². The number of rotatable bonds is 11. The van der Waals surface area contributed by atoms with Crippen molar-refractivity contribution in [2.45, 2.75) is 58.1 Å². The second-order valence-electron chi connectivity index (χ2n) is 7.37. The van der Waals surface area contributed by atoms with Crippen molar-refractivity contribution in [1.82, 2.24) is 15.5 Å². The number of hydrogen-bond acceptors (Lipinski definition) is 4. The molecule has 154 valence electrons. The minimum atomic E-state index is 0. The molecule has 2 fully saturated rings. The van der Waals surface area contributed by atoms with Crippen LogP contribution in [0.15, 0.2) is 4.99 Å². The zero-order valence-electron chi connectivity index (χ0n) is 17.1. The maximum atomic E-state index is 5.95. The molecular weight excluding hydrogens is 443 g/mol. The van der Waals surface area contributed by atoms with Gasteiger partial charge in [-0.1, -0.05) is 6.42 Å². The van der Waals surface area contributed by atoms with Crippen LogP contribution in [-0.4, -0.2) is 76.6 Å². The number of guanidine groups is 1. The zero-order valence-corrected chi connectivity index (χ0v) is 19.4. The monoisotopic (exact) mass is 482 g/mol. The van der Waals surface area contributed by atoms with E-state index < -0.39 is 0 Å². The molecule has 26 heavy (non-hydrogen) atoms. The van der Waals surface area contributed by atoms with E-state index in [1.807, 2.05) is 0 Å². The number of hydrogen-bond donors (Lipinski definition) is 2. The minimum Gasteiger partial charge on any atom is -0.385 e. The molecule has 6 nitrogen and oxygen atoms in total. The van der Waals surface area contributed by atoms with Crippen molar-refractivity contribution < 1.29 is 9.47 Å². The van der Waals surface area contributed by atoms with E-state index in [1.165, 1.54) is 19.3 Å². The van der Waals surface area contributed by atoms with E-state index in [0.29, 0.717) is 17.6 Å². The first-order valence-corrected chi connectivity index (χ1v) is 10.00. The molecule has 2 atom stereocenters. The van der Waals surface area contributed by atoms with Crippen molar-refractivity contribution in [3.05, 3.63) is 0 Å². The van der Waals surface area contributed by atoms with Gasteiger partial charge < -0.3 is 25.0 Å². The fourth-order valence-corrected chi connectivity index (χ4v) is 4.05. The second kappa shape index (κ2) is 12.4. The lowest BCUT2D eigenvalue weighted by atomic mass is 9.51. The van der Waals surface area contributed by atoms with Gasteiger partial charge in [-0.3, -0.25) is 4.99 Å². The minimum absolute atomic E-state index is 0. The topological polar surface area (TPSA) is 58.1 Å². The van der Waals surface area contributed by atoms with E-state index in [0.717, 1.165) is 58.2 Å². The third-order valence-electron chi connectivity index (χ3n) is 5.73. The van der Waals surface area contributed by atoms with Gasteiger partial charge in [0.25, 0.3) is 0 Å². The predicted octanol–water partition coefficient (Wildman–Crippen LogP) is 2.48. The summed E-state index contributed by atoms with van der Waals surface area (Å²) in [7, 11) is 3.90. The highest BCUT2D eigenvalue weighted by atomic mass is 127. The Bertz CT molecular complexity index is 418. The molecule has 0 aromatic rings. The second-order valence-corrected chi connectivity index (χ2v) is 7.37. The van der Waals surface area contributed by atoms with Gasteiger partial charge in [-0.05, 0) is 46.6 Å². The summed E-state index contributed by atoms with van der Waals surface area (Å²) in [4.78, 5) is 7.09. The summed E-state index contributed by atoms with van der Waals surface area (Å²) in [6, 6.07) is 0.509. The Hall–Kier alpha value is -0.120. The van der Waals surface area contributed by atoms with Gasteiger partial charge >= 0.3 is 0 Å². The smallest absolute Gasteiger partial charge is 0.191 e. The van der Waals surface area contributed by atoms with Gasteiger partial charge in [0.15, 0.2) is 5.96 Å². The van der Waals surface area contributed by atoms with Crippen molar-refractivity contribution in [2.24, 2.45) is 10.4 Å². The van der Waals surface area contributed by atoms with Gasteiger partial charge in [0, 0.05) is 51.4 Å². The maximum absolute atomic E-state index is 5.95. The Morgan fingerprint density at radius 2 is 2.04 bits per heavy atom. The average molecular weight is 482 g/mol. The fourth-order valence-electron chi connectivity index (χ4n) is 4.05. The highest BCUT2D eigenvalue weighted by Gasteiger charge is 2.59. The van der Waals surface area contributed by atoms with Gasteiger partial charge in [-0.15, -0.1) is 24.0 Å². The first-order valence-electron chi connectivity index (χ1n) is 10.00. The lowest BCUT2D eigenvalue weighted by Gasteiger charge is -2.61. The third kappa shape index (κ3) is 6.21. The molecule has 0 bridgehead atoms. The SMILES string of the molecule is CCNC(=NCCN(C)CCCOC)NC1CC(OCC)C12CCC2.I. The molecule has 7 heteroatoms. The standard InChI is InChI=1S/C19H38N4O2.HI/c1-5-20-18(21-11-13-23(3)12-8-14-24-4)22-16-15-17(25-6-2)19(16)9-7-10-19;/h16-17H,5-15H2,1-4H3,(H2,20,21,22);1H. The highest BCUT2D eigenvalue weighted by molar-refractivity contribution is 14.0. The van der Waals surface area contributed by atoms with Crippen LogP contribution in [0, 0.1) is 5.41 Å². The molecule has 0 aliphatic heterocycles. The summed E-state index contributed by atoms with van der Waals surface area (Å²) in [5.41, 5.74) is 0.364. The molecule has 2 rings (SSSR count). The van der Waals surface area contributed by atoms with Gasteiger partial charge in [-0.2, -0.15) is 0 Å². The molecule has 0 radical (unpaired) electrons. The average Bonchev–Trinajstić information content (AvgIpc) is 2.52. The lowest BCUT2D eigenvalue weighted by Crippen LogP contribution is -2.68. The summed E-state index contributed by atoms with van der Waals surface area (Å²) >= 11 is 0. The Morgan fingerprint density at radius 1 is 1.27 bits per heavy atom. The molecule has 2 saturated carbocycles. The van der Waals surface area contributed by atoms with Crippen molar-refractivity contribution in [3.8, 4) is 0 Å². The summed E-state index contributed by atoms with van der Waals surface area (Å²) in [6.45, 7) is 9.59. The lowest BCUT2D eigenvalue weighted by molar-refractivity contribution is -0.168. The zero-order chi connectivity index (χ0) is 18.1. The Balaban J connectivity index is 0.00000338. The Morgan fingerprint density at radius 3 is 2.62 bits per heavy atom. The van der Waals surface area contributed by atoms with Crippen LogP contribution in [0.5, 0.6) is 0 Å². The number of likely N-dealkylation sites (N-methyl/N-ethyl adjacent to an activating group) is 1. The largest absolute Gasteiger partial charge is 0.385 e. The van der Waals surface area contributed by atoms with Crippen LogP contribution in [0.1, 0.15) is 46.0 Å². The van der Waals surface area contributed by atoms with Crippen LogP contribution >= 0.6 is 24.0 Å². The molecule has 1 spiro atoms. The molecular formula is C19H39IN4O2. The van der Waals surface area contributed by atoms with Gasteiger partial charge in [-0.25, -0.2) is 0 Å². The van der Waals surface area contributed by atoms with E-state index in [-0.39, 0.29) is 24.0 Å². The Labute approximate surface area is 176 Å². The number of nitrogens with one attached hydrogen (secondary N) is 2. The quantitative estimate of drug-likeness (QED) is 0.205. The predicted molar refractivity (Wildman–Crippen MR) is 119 cm³/mol. The molecule has 0 aromatic heterocycles. The third-order valence-corrected chi connectivity index (χ3v) is 5.73. The molecule has 0 saturated heterocycles. The van der Waals surface area contributed by atoms with Crippen LogP contribution in [0.25, 0.3) is 0 Å². The fraction of sp³-hybridized carbons (Fsp3) is 0.947. The van der Waals surface area contributed by atoms with E-state index >= 15 is 0 Å². The summed E-state index contributed by atoms with van der Waals surface area (Å²) < 4.78 is 11.1. The number of ether oxygens (including phenoxy) is 2. The molecule has 2 N–H and O–H groups in total.